The maximum atomic E-state index is 14.1. The van der Waals surface area contributed by atoms with Crippen LogP contribution in [-0.4, -0.2) is 131 Å². The van der Waals surface area contributed by atoms with Crippen LogP contribution in [0.3, 0.4) is 0 Å². The number of halogens is 2. The first-order chi connectivity index (χ1) is 24.8. The van der Waals surface area contributed by atoms with Gasteiger partial charge in [-0.3, -0.25) is 9.69 Å². The van der Waals surface area contributed by atoms with E-state index in [-0.39, 0.29) is 30.5 Å². The van der Waals surface area contributed by atoms with Gasteiger partial charge in [-0.2, -0.15) is 0 Å². The summed E-state index contributed by atoms with van der Waals surface area (Å²) in [5, 5.41) is 3.05. The van der Waals surface area contributed by atoms with Crippen molar-refractivity contribution in [3.63, 3.8) is 0 Å². The van der Waals surface area contributed by atoms with Crippen LogP contribution in [0.1, 0.15) is 57.6 Å². The Balaban J connectivity index is 1.03. The number of fused-ring (bicyclic) bond motifs is 1. The summed E-state index contributed by atoms with van der Waals surface area (Å²) < 4.78 is 13.4. The van der Waals surface area contributed by atoms with Crippen molar-refractivity contribution in [2.75, 3.05) is 64.2 Å². The zero-order chi connectivity index (χ0) is 37.0. The molecule has 6 rings (SSSR count). The molecule has 3 fully saturated rings. The molecule has 4 aliphatic heterocycles. The predicted molar refractivity (Wildman–Crippen MR) is 205 cm³/mol. The Bertz CT molecular complexity index is 1610. The predicted octanol–water partition coefficient (Wildman–Crippen LogP) is 6.36. The molecule has 5 amide bonds. The van der Waals surface area contributed by atoms with E-state index >= 15 is 0 Å². The standard InChI is InChI=1S/C38H50Br2N6O6/c1-38(2,3)52-37(50)45-15-11-28(12-16-45)42-20-22-43(23-21-42)34(47)33(25-26-8-9-30(39)31(40)24-26)51-36(49)44-17-13-29(14-18-44)46-19-10-27-6-4-5-7-32(27)41-35(46)48/h4-9,24,28-29,33H,10-23,25H2,1-3H3,(H,41,48)/t33-/m1/s1. The molecule has 0 radical (unpaired) electrons. The molecular weight excluding hydrogens is 796 g/mol. The number of carbonyl (C=O) groups is 4. The summed E-state index contributed by atoms with van der Waals surface area (Å²) in [5.41, 5.74) is 2.33. The Kier molecular flexibility index (Phi) is 12.4. The minimum atomic E-state index is -0.975. The van der Waals surface area contributed by atoms with Crippen LogP contribution in [-0.2, 0) is 27.1 Å². The number of piperidine rings is 2. The Hall–Kier alpha value is -3.36. The third-order valence-corrected chi connectivity index (χ3v) is 12.4. The fraction of sp³-hybridized carbons (Fsp3) is 0.579. The number of ether oxygens (including phenoxy) is 2. The summed E-state index contributed by atoms with van der Waals surface area (Å²) >= 11 is 7.08. The van der Waals surface area contributed by atoms with Gasteiger partial charge >= 0.3 is 18.2 Å². The summed E-state index contributed by atoms with van der Waals surface area (Å²) in [6.07, 6.45) is 2.27. The van der Waals surface area contributed by atoms with Crippen LogP contribution in [0.25, 0.3) is 0 Å². The molecule has 4 heterocycles. The number of piperazine rings is 1. The molecule has 52 heavy (non-hydrogen) atoms. The molecule has 0 aliphatic carbocycles. The summed E-state index contributed by atoms with van der Waals surface area (Å²) in [5.74, 6) is -0.192. The van der Waals surface area contributed by atoms with Crippen molar-refractivity contribution in [2.45, 2.75) is 83.1 Å². The SMILES string of the molecule is CC(C)(C)OC(=O)N1CCC(N2CCN(C(=O)[C@@H](Cc3ccc(Br)c(Br)c3)OC(=O)N3CCC(N4CCc5ccccc5NC4=O)CC3)CC2)CC1. The largest absolute Gasteiger partial charge is 0.444 e. The van der Waals surface area contributed by atoms with Crippen LogP contribution in [0.5, 0.6) is 0 Å². The van der Waals surface area contributed by atoms with Gasteiger partial charge in [-0.05, 0) is 114 Å². The number of nitrogens with one attached hydrogen (secondary N) is 1. The van der Waals surface area contributed by atoms with Crippen molar-refractivity contribution in [1.29, 1.82) is 0 Å². The molecule has 2 aromatic rings. The number of rotatable bonds is 6. The summed E-state index contributed by atoms with van der Waals surface area (Å²) in [7, 11) is 0. The molecule has 0 saturated carbocycles. The molecule has 0 aromatic heterocycles. The van der Waals surface area contributed by atoms with E-state index in [1.807, 2.05) is 73.0 Å². The van der Waals surface area contributed by atoms with Gasteiger partial charge in [0.1, 0.15) is 5.60 Å². The number of anilines is 1. The minimum Gasteiger partial charge on any atom is -0.444 e. The molecule has 0 unspecified atom stereocenters. The Labute approximate surface area is 323 Å². The second kappa shape index (κ2) is 16.8. The lowest BCUT2D eigenvalue weighted by Crippen LogP contribution is -2.57. The summed E-state index contributed by atoms with van der Waals surface area (Å²) in [4.78, 5) is 63.0. The average molecular weight is 847 g/mol. The molecule has 4 aliphatic rings. The van der Waals surface area contributed by atoms with Crippen LogP contribution < -0.4 is 5.32 Å². The Morgan fingerprint density at radius 1 is 0.788 bits per heavy atom. The van der Waals surface area contributed by atoms with Gasteiger partial charge < -0.3 is 34.4 Å². The maximum absolute atomic E-state index is 14.1. The van der Waals surface area contributed by atoms with Crippen molar-refractivity contribution in [2.24, 2.45) is 0 Å². The van der Waals surface area contributed by atoms with Crippen LogP contribution >= 0.6 is 31.9 Å². The highest BCUT2D eigenvalue weighted by Gasteiger charge is 2.37. The molecule has 3 saturated heterocycles. The van der Waals surface area contributed by atoms with Gasteiger partial charge in [0.15, 0.2) is 6.10 Å². The molecular formula is C38H50Br2N6O6. The lowest BCUT2D eigenvalue weighted by molar-refractivity contribution is -0.143. The number of para-hydroxylation sites is 1. The number of hydrogen-bond donors (Lipinski definition) is 1. The molecule has 12 nitrogen and oxygen atoms in total. The van der Waals surface area contributed by atoms with Crippen molar-refractivity contribution >= 4 is 61.7 Å². The third kappa shape index (κ3) is 9.59. The van der Waals surface area contributed by atoms with Crippen molar-refractivity contribution < 1.29 is 28.7 Å². The number of urea groups is 1. The molecule has 14 heteroatoms. The quantitative estimate of drug-likeness (QED) is 0.360. The highest BCUT2D eigenvalue weighted by atomic mass is 79.9. The van der Waals surface area contributed by atoms with E-state index < -0.39 is 17.8 Å². The van der Waals surface area contributed by atoms with E-state index in [9.17, 15) is 19.2 Å². The smallest absolute Gasteiger partial charge is 0.410 e. The summed E-state index contributed by atoms with van der Waals surface area (Å²) in [6, 6.07) is 13.9. The van der Waals surface area contributed by atoms with E-state index in [1.165, 1.54) is 0 Å². The molecule has 0 spiro atoms. The van der Waals surface area contributed by atoms with Gasteiger partial charge in [0.2, 0.25) is 0 Å². The number of benzene rings is 2. The van der Waals surface area contributed by atoms with Crippen LogP contribution in [0.2, 0.25) is 0 Å². The fourth-order valence-corrected chi connectivity index (χ4v) is 8.28. The van der Waals surface area contributed by atoms with Gasteiger partial charge in [0, 0.05) is 92.0 Å². The maximum Gasteiger partial charge on any atom is 0.410 e. The molecule has 1 atom stereocenters. The lowest BCUT2D eigenvalue weighted by Gasteiger charge is -2.43. The van der Waals surface area contributed by atoms with E-state index in [0.717, 1.165) is 58.1 Å². The zero-order valence-electron chi connectivity index (χ0n) is 30.3. The van der Waals surface area contributed by atoms with Crippen molar-refractivity contribution in [1.82, 2.24) is 24.5 Å². The van der Waals surface area contributed by atoms with E-state index in [0.29, 0.717) is 64.7 Å². The Morgan fingerprint density at radius 3 is 2.08 bits per heavy atom. The molecule has 2 aromatic carbocycles. The minimum absolute atomic E-state index is 0.0109. The number of likely N-dealkylation sites (tertiary alicyclic amines) is 2. The average Bonchev–Trinajstić information content (AvgIpc) is 3.30. The van der Waals surface area contributed by atoms with E-state index in [1.54, 1.807) is 9.80 Å². The number of carbonyl (C=O) groups excluding carboxylic acids is 4. The van der Waals surface area contributed by atoms with Gasteiger partial charge in [0.05, 0.1) is 0 Å². The number of amides is 5. The van der Waals surface area contributed by atoms with Crippen molar-refractivity contribution in [3.05, 3.63) is 62.5 Å². The summed E-state index contributed by atoms with van der Waals surface area (Å²) in [6.45, 7) is 10.9. The van der Waals surface area contributed by atoms with Gasteiger partial charge in [-0.25, -0.2) is 14.4 Å². The topological polar surface area (TPSA) is 115 Å². The third-order valence-electron chi connectivity index (χ3n) is 10.5. The van der Waals surface area contributed by atoms with E-state index in [2.05, 4.69) is 42.1 Å². The highest BCUT2D eigenvalue weighted by molar-refractivity contribution is 9.13. The molecule has 1 N–H and O–H groups in total. The number of hydrogen-bond acceptors (Lipinski definition) is 7. The first kappa shape index (κ1) is 38.4. The van der Waals surface area contributed by atoms with E-state index in [4.69, 9.17) is 9.47 Å². The normalized spacial score (nSPS) is 20.1. The zero-order valence-corrected chi connectivity index (χ0v) is 33.5. The van der Waals surface area contributed by atoms with Crippen LogP contribution in [0.4, 0.5) is 20.1 Å². The number of nitrogens with zero attached hydrogens (tertiary/aromatic N) is 5. The monoisotopic (exact) mass is 844 g/mol. The highest BCUT2D eigenvalue weighted by Crippen LogP contribution is 2.28. The van der Waals surface area contributed by atoms with Crippen molar-refractivity contribution in [3.8, 4) is 0 Å². The Morgan fingerprint density at radius 2 is 1.42 bits per heavy atom. The molecule has 0 bridgehead atoms. The van der Waals surface area contributed by atoms with Gasteiger partial charge in [-0.15, -0.1) is 0 Å². The lowest BCUT2D eigenvalue weighted by atomic mass is 10.0. The second-order valence-electron chi connectivity index (χ2n) is 15.1. The van der Waals surface area contributed by atoms with Crippen LogP contribution in [0.15, 0.2) is 51.4 Å². The van der Waals surface area contributed by atoms with Gasteiger partial charge in [-0.1, -0.05) is 24.3 Å². The first-order valence-corrected chi connectivity index (χ1v) is 20.0. The second-order valence-corrected chi connectivity index (χ2v) is 16.8. The first-order valence-electron chi connectivity index (χ1n) is 18.4. The fourth-order valence-electron chi connectivity index (χ4n) is 7.61. The molecule has 282 valence electrons. The van der Waals surface area contributed by atoms with Crippen LogP contribution in [0, 0.1) is 0 Å². The van der Waals surface area contributed by atoms with Gasteiger partial charge in [0.25, 0.3) is 5.91 Å².